The van der Waals surface area contributed by atoms with E-state index < -0.39 is 0 Å². The standard InChI is InChI=1S/C15H15BrClNO/c1-9-3-6-13(17)15(7-9)19-14-8-11(16)4-5-12(14)10(2)18/h3-8,10H,18H2,1-2H3. The first-order valence-corrected chi connectivity index (χ1v) is 7.13. The molecule has 0 amide bonds. The van der Waals surface area contributed by atoms with Gasteiger partial charge in [-0.1, -0.05) is 39.7 Å². The molecule has 19 heavy (non-hydrogen) atoms. The predicted molar refractivity (Wildman–Crippen MR) is 83.0 cm³/mol. The molecule has 0 fully saturated rings. The van der Waals surface area contributed by atoms with E-state index in [0.29, 0.717) is 10.8 Å². The molecule has 0 bridgehead atoms. The first-order valence-electron chi connectivity index (χ1n) is 5.96. The maximum absolute atomic E-state index is 6.15. The molecular formula is C15H15BrClNO. The lowest BCUT2D eigenvalue weighted by Gasteiger charge is -2.15. The number of halogens is 2. The minimum Gasteiger partial charge on any atom is -0.455 e. The van der Waals surface area contributed by atoms with E-state index in [-0.39, 0.29) is 6.04 Å². The summed E-state index contributed by atoms with van der Waals surface area (Å²) in [5.41, 5.74) is 8.00. The third-order valence-electron chi connectivity index (χ3n) is 2.77. The Balaban J connectivity index is 2.42. The quantitative estimate of drug-likeness (QED) is 0.831. The second kappa shape index (κ2) is 5.95. The van der Waals surface area contributed by atoms with Crippen LogP contribution in [0.2, 0.25) is 5.02 Å². The van der Waals surface area contributed by atoms with Crippen molar-refractivity contribution in [3.63, 3.8) is 0 Å². The molecule has 0 saturated carbocycles. The van der Waals surface area contributed by atoms with Gasteiger partial charge in [0.25, 0.3) is 0 Å². The Labute approximate surface area is 126 Å². The average molecular weight is 341 g/mol. The van der Waals surface area contributed by atoms with Gasteiger partial charge in [0.15, 0.2) is 0 Å². The first kappa shape index (κ1) is 14.4. The van der Waals surface area contributed by atoms with Crippen molar-refractivity contribution in [2.45, 2.75) is 19.9 Å². The number of hydrogen-bond donors (Lipinski definition) is 1. The fourth-order valence-corrected chi connectivity index (χ4v) is 2.28. The maximum atomic E-state index is 6.15. The molecule has 0 aliphatic heterocycles. The van der Waals surface area contributed by atoms with Crippen LogP contribution < -0.4 is 10.5 Å². The largest absolute Gasteiger partial charge is 0.455 e. The zero-order chi connectivity index (χ0) is 14.0. The molecular weight excluding hydrogens is 326 g/mol. The third kappa shape index (κ3) is 3.50. The molecule has 0 aliphatic rings. The second-order valence-electron chi connectivity index (χ2n) is 4.51. The Bertz CT molecular complexity index is 599. The highest BCUT2D eigenvalue weighted by Gasteiger charge is 2.11. The van der Waals surface area contributed by atoms with Crippen LogP contribution in [0.4, 0.5) is 0 Å². The normalized spacial score (nSPS) is 12.3. The number of aryl methyl sites for hydroxylation is 1. The third-order valence-corrected chi connectivity index (χ3v) is 3.58. The molecule has 100 valence electrons. The van der Waals surface area contributed by atoms with E-state index >= 15 is 0 Å². The van der Waals surface area contributed by atoms with E-state index in [1.165, 1.54) is 0 Å². The Hall–Kier alpha value is -1.03. The Morgan fingerprint density at radius 3 is 2.58 bits per heavy atom. The van der Waals surface area contributed by atoms with E-state index in [1.54, 1.807) is 0 Å². The lowest BCUT2D eigenvalue weighted by atomic mass is 10.1. The summed E-state index contributed by atoms with van der Waals surface area (Å²) in [6.45, 7) is 3.92. The molecule has 2 nitrogen and oxygen atoms in total. The van der Waals surface area contributed by atoms with Crippen molar-refractivity contribution in [3.8, 4) is 11.5 Å². The molecule has 2 rings (SSSR count). The molecule has 0 heterocycles. The molecule has 2 N–H and O–H groups in total. The van der Waals surface area contributed by atoms with Gasteiger partial charge >= 0.3 is 0 Å². The Morgan fingerprint density at radius 1 is 1.16 bits per heavy atom. The minimum atomic E-state index is -0.105. The predicted octanol–water partition coefficient (Wildman–Crippen LogP) is 5.22. The number of ether oxygens (including phenoxy) is 1. The van der Waals surface area contributed by atoms with Crippen LogP contribution in [0.5, 0.6) is 11.5 Å². The van der Waals surface area contributed by atoms with Crippen LogP contribution in [-0.2, 0) is 0 Å². The van der Waals surface area contributed by atoms with Gasteiger partial charge in [0.05, 0.1) is 5.02 Å². The summed E-state index contributed by atoms with van der Waals surface area (Å²) in [4.78, 5) is 0. The van der Waals surface area contributed by atoms with Crippen LogP contribution in [0.15, 0.2) is 40.9 Å². The summed E-state index contributed by atoms with van der Waals surface area (Å²) >= 11 is 9.59. The fourth-order valence-electron chi connectivity index (χ4n) is 1.78. The molecule has 0 saturated heterocycles. The van der Waals surface area contributed by atoms with Crippen LogP contribution in [0.3, 0.4) is 0 Å². The van der Waals surface area contributed by atoms with Crippen LogP contribution in [0.25, 0.3) is 0 Å². The molecule has 0 aliphatic carbocycles. The summed E-state index contributed by atoms with van der Waals surface area (Å²) in [7, 11) is 0. The zero-order valence-corrected chi connectivity index (χ0v) is 13.1. The van der Waals surface area contributed by atoms with Gasteiger partial charge in [-0.2, -0.15) is 0 Å². The molecule has 0 radical (unpaired) electrons. The topological polar surface area (TPSA) is 35.2 Å². The van der Waals surface area contributed by atoms with Gasteiger partial charge < -0.3 is 10.5 Å². The highest BCUT2D eigenvalue weighted by atomic mass is 79.9. The number of benzene rings is 2. The van der Waals surface area contributed by atoms with Gasteiger partial charge in [-0.3, -0.25) is 0 Å². The van der Waals surface area contributed by atoms with Crippen molar-refractivity contribution in [2.75, 3.05) is 0 Å². The van der Waals surface area contributed by atoms with Crippen molar-refractivity contribution in [1.29, 1.82) is 0 Å². The van der Waals surface area contributed by atoms with E-state index in [4.69, 9.17) is 22.1 Å². The molecule has 1 unspecified atom stereocenters. The van der Waals surface area contributed by atoms with Crippen molar-refractivity contribution < 1.29 is 4.74 Å². The maximum Gasteiger partial charge on any atom is 0.146 e. The highest BCUT2D eigenvalue weighted by molar-refractivity contribution is 9.10. The van der Waals surface area contributed by atoms with Crippen LogP contribution in [0, 0.1) is 6.92 Å². The SMILES string of the molecule is Cc1ccc(Cl)c(Oc2cc(Br)ccc2C(C)N)c1. The minimum absolute atomic E-state index is 0.105. The zero-order valence-electron chi connectivity index (χ0n) is 10.8. The number of rotatable bonds is 3. The molecule has 0 aromatic heterocycles. The smallest absolute Gasteiger partial charge is 0.146 e. The summed E-state index contributed by atoms with van der Waals surface area (Å²) in [5, 5.41) is 0.584. The monoisotopic (exact) mass is 339 g/mol. The summed E-state index contributed by atoms with van der Waals surface area (Å²) in [6, 6.07) is 11.4. The Kier molecular flexibility index (Phi) is 4.50. The van der Waals surface area contributed by atoms with Crippen molar-refractivity contribution in [1.82, 2.24) is 0 Å². The van der Waals surface area contributed by atoms with Crippen LogP contribution in [-0.4, -0.2) is 0 Å². The highest BCUT2D eigenvalue weighted by Crippen LogP contribution is 2.35. The van der Waals surface area contributed by atoms with E-state index in [0.717, 1.165) is 21.3 Å². The number of hydrogen-bond acceptors (Lipinski definition) is 2. The lowest BCUT2D eigenvalue weighted by Crippen LogP contribution is -2.06. The summed E-state index contributed by atoms with van der Waals surface area (Å²) in [5.74, 6) is 1.36. The van der Waals surface area contributed by atoms with Crippen LogP contribution in [0.1, 0.15) is 24.1 Å². The van der Waals surface area contributed by atoms with Crippen molar-refractivity contribution in [2.24, 2.45) is 5.73 Å². The second-order valence-corrected chi connectivity index (χ2v) is 5.83. The van der Waals surface area contributed by atoms with Crippen LogP contribution >= 0.6 is 27.5 Å². The van der Waals surface area contributed by atoms with E-state index in [2.05, 4.69) is 15.9 Å². The fraction of sp³-hybridized carbons (Fsp3) is 0.200. The first-order chi connectivity index (χ1) is 8.97. The van der Waals surface area contributed by atoms with E-state index in [9.17, 15) is 0 Å². The molecule has 0 spiro atoms. The van der Waals surface area contributed by atoms with Gasteiger partial charge in [0.1, 0.15) is 11.5 Å². The van der Waals surface area contributed by atoms with Gasteiger partial charge in [-0.15, -0.1) is 0 Å². The Morgan fingerprint density at radius 2 is 1.89 bits per heavy atom. The van der Waals surface area contributed by atoms with Crippen molar-refractivity contribution >= 4 is 27.5 Å². The van der Waals surface area contributed by atoms with Gasteiger partial charge in [0, 0.05) is 16.1 Å². The van der Waals surface area contributed by atoms with Crippen molar-refractivity contribution in [3.05, 3.63) is 57.0 Å². The molecule has 2 aromatic carbocycles. The number of nitrogens with two attached hydrogens (primary N) is 1. The summed E-state index contributed by atoms with van der Waals surface area (Å²) < 4.78 is 6.86. The van der Waals surface area contributed by atoms with Gasteiger partial charge in [-0.05, 0) is 43.7 Å². The molecule has 2 aromatic rings. The van der Waals surface area contributed by atoms with Gasteiger partial charge in [0.2, 0.25) is 0 Å². The average Bonchev–Trinajstić information content (AvgIpc) is 2.33. The van der Waals surface area contributed by atoms with E-state index in [1.807, 2.05) is 50.2 Å². The summed E-state index contributed by atoms with van der Waals surface area (Å²) in [6.07, 6.45) is 0. The lowest BCUT2D eigenvalue weighted by molar-refractivity contribution is 0.471. The molecule has 1 atom stereocenters. The van der Waals surface area contributed by atoms with Gasteiger partial charge in [-0.25, -0.2) is 0 Å². The molecule has 4 heteroatoms.